The molecule has 13 heavy (non-hydrogen) atoms. The van der Waals surface area contributed by atoms with Gasteiger partial charge < -0.3 is 0 Å². The first kappa shape index (κ1) is 8.63. The third-order valence-corrected chi connectivity index (χ3v) is 2.38. The molecular formula is C9H11ClN2O. The Labute approximate surface area is 81.2 Å². The van der Waals surface area contributed by atoms with E-state index in [0.29, 0.717) is 12.6 Å². The van der Waals surface area contributed by atoms with E-state index < -0.39 is 0 Å². The van der Waals surface area contributed by atoms with Crippen LogP contribution in [0.25, 0.3) is 0 Å². The van der Waals surface area contributed by atoms with Crippen molar-refractivity contribution in [1.29, 1.82) is 0 Å². The normalized spacial score (nSPS) is 17.0. The van der Waals surface area contributed by atoms with E-state index in [2.05, 4.69) is 0 Å². The van der Waals surface area contributed by atoms with Crippen molar-refractivity contribution < 1.29 is 0 Å². The molecule has 2 rings (SSSR count). The number of allylic oxidation sites excluding steroid dienone is 1. The molecular weight excluding hydrogens is 188 g/mol. The van der Waals surface area contributed by atoms with Crippen molar-refractivity contribution >= 4 is 11.6 Å². The van der Waals surface area contributed by atoms with E-state index in [9.17, 15) is 4.79 Å². The summed E-state index contributed by atoms with van der Waals surface area (Å²) in [6.45, 7) is 0.558. The summed E-state index contributed by atoms with van der Waals surface area (Å²) >= 11 is 5.38. The van der Waals surface area contributed by atoms with Gasteiger partial charge in [0.15, 0.2) is 0 Å². The van der Waals surface area contributed by atoms with Crippen LogP contribution in [-0.2, 0) is 6.54 Å². The van der Waals surface area contributed by atoms with Crippen LogP contribution in [0.2, 0.25) is 0 Å². The number of rotatable bonds is 3. The van der Waals surface area contributed by atoms with Crippen LogP contribution in [0.4, 0.5) is 0 Å². The monoisotopic (exact) mass is 198 g/mol. The number of halogens is 1. The van der Waals surface area contributed by atoms with Gasteiger partial charge in [-0.05, 0) is 12.8 Å². The topological polar surface area (TPSA) is 26.9 Å². The van der Waals surface area contributed by atoms with Crippen molar-refractivity contribution in [2.45, 2.75) is 25.4 Å². The Kier molecular flexibility index (Phi) is 2.27. The zero-order chi connectivity index (χ0) is 9.26. The lowest BCUT2D eigenvalue weighted by Crippen LogP contribution is -2.22. The quantitative estimate of drug-likeness (QED) is 0.727. The second kappa shape index (κ2) is 3.42. The van der Waals surface area contributed by atoms with E-state index in [1.165, 1.54) is 5.54 Å². The van der Waals surface area contributed by atoms with Gasteiger partial charge in [-0.25, -0.2) is 4.79 Å². The van der Waals surface area contributed by atoms with Crippen LogP contribution in [-0.4, -0.2) is 9.13 Å². The lowest BCUT2D eigenvalue weighted by molar-refractivity contribution is 0.661. The minimum atomic E-state index is 0.0669. The van der Waals surface area contributed by atoms with Gasteiger partial charge in [-0.1, -0.05) is 17.7 Å². The van der Waals surface area contributed by atoms with Gasteiger partial charge in [-0.15, -0.1) is 0 Å². The minimum Gasteiger partial charge on any atom is -0.296 e. The lowest BCUT2D eigenvalue weighted by Gasteiger charge is -1.95. The van der Waals surface area contributed by atoms with Crippen molar-refractivity contribution in [3.05, 3.63) is 34.5 Å². The predicted octanol–water partition coefficient (Wildman–Crippen LogP) is 1.74. The molecule has 0 aliphatic heterocycles. The number of aromatic nitrogens is 2. The van der Waals surface area contributed by atoms with Crippen molar-refractivity contribution in [3.63, 3.8) is 0 Å². The molecule has 0 saturated heterocycles. The standard InChI is InChI=1S/C9H11ClN2O/c10-4-1-5-11-6-7-12(9(11)13)8-2-3-8/h1,4,6-8H,2-3,5H2/b4-1+. The van der Waals surface area contributed by atoms with Crippen LogP contribution in [0.1, 0.15) is 18.9 Å². The van der Waals surface area contributed by atoms with Gasteiger partial charge in [-0.2, -0.15) is 0 Å². The maximum atomic E-state index is 11.6. The predicted molar refractivity (Wildman–Crippen MR) is 52.0 cm³/mol. The van der Waals surface area contributed by atoms with Crippen LogP contribution >= 0.6 is 11.6 Å². The molecule has 1 aromatic heterocycles. The molecule has 0 unspecified atom stereocenters. The molecule has 1 aromatic rings. The molecule has 0 aromatic carbocycles. The summed E-state index contributed by atoms with van der Waals surface area (Å²) < 4.78 is 3.44. The lowest BCUT2D eigenvalue weighted by atomic mass is 10.6. The van der Waals surface area contributed by atoms with Gasteiger partial charge in [0.25, 0.3) is 0 Å². The molecule has 0 radical (unpaired) electrons. The van der Waals surface area contributed by atoms with Crippen LogP contribution in [0, 0.1) is 0 Å². The Morgan fingerprint density at radius 2 is 2.31 bits per heavy atom. The number of nitrogens with zero attached hydrogens (tertiary/aromatic N) is 2. The molecule has 0 spiro atoms. The van der Waals surface area contributed by atoms with Crippen molar-refractivity contribution in [2.24, 2.45) is 0 Å². The first-order valence-corrected chi connectivity index (χ1v) is 4.79. The summed E-state index contributed by atoms with van der Waals surface area (Å²) in [7, 11) is 0. The summed E-state index contributed by atoms with van der Waals surface area (Å²) in [5.41, 5.74) is 1.50. The summed E-state index contributed by atoms with van der Waals surface area (Å²) in [4.78, 5) is 11.6. The van der Waals surface area contributed by atoms with E-state index >= 15 is 0 Å². The summed E-state index contributed by atoms with van der Waals surface area (Å²) in [5.74, 6) is 0. The smallest absolute Gasteiger partial charge is 0.296 e. The molecule has 0 amide bonds. The fourth-order valence-electron chi connectivity index (χ4n) is 1.35. The highest BCUT2D eigenvalue weighted by molar-refractivity contribution is 6.25. The van der Waals surface area contributed by atoms with E-state index in [4.69, 9.17) is 11.6 Å². The molecule has 0 N–H and O–H groups in total. The van der Waals surface area contributed by atoms with E-state index in [1.54, 1.807) is 21.4 Å². The molecule has 70 valence electrons. The largest absolute Gasteiger partial charge is 0.328 e. The number of imidazole rings is 1. The van der Waals surface area contributed by atoms with Gasteiger partial charge in [0.05, 0.1) is 0 Å². The average Bonchev–Trinajstić information content (AvgIpc) is 2.89. The van der Waals surface area contributed by atoms with E-state index in [1.807, 2.05) is 6.20 Å². The zero-order valence-corrected chi connectivity index (χ0v) is 7.94. The van der Waals surface area contributed by atoms with Crippen molar-refractivity contribution in [3.8, 4) is 0 Å². The van der Waals surface area contributed by atoms with Crippen LogP contribution in [0.15, 0.2) is 28.8 Å². The van der Waals surface area contributed by atoms with E-state index in [-0.39, 0.29) is 5.69 Å². The fraction of sp³-hybridized carbons (Fsp3) is 0.444. The first-order chi connectivity index (χ1) is 6.33. The first-order valence-electron chi connectivity index (χ1n) is 4.35. The maximum Gasteiger partial charge on any atom is 0.328 e. The average molecular weight is 199 g/mol. The molecule has 3 nitrogen and oxygen atoms in total. The second-order valence-electron chi connectivity index (χ2n) is 3.23. The summed E-state index contributed by atoms with van der Waals surface area (Å²) in [6.07, 6.45) is 7.67. The Morgan fingerprint density at radius 3 is 2.92 bits per heavy atom. The maximum absolute atomic E-state index is 11.6. The number of hydrogen-bond donors (Lipinski definition) is 0. The molecule has 4 heteroatoms. The molecule has 0 bridgehead atoms. The highest BCUT2D eigenvalue weighted by Gasteiger charge is 2.25. The summed E-state index contributed by atoms with van der Waals surface area (Å²) in [6, 6.07) is 0.453. The fourth-order valence-corrected chi connectivity index (χ4v) is 1.43. The van der Waals surface area contributed by atoms with Crippen LogP contribution in [0.3, 0.4) is 0 Å². The molecule has 1 aliphatic rings. The number of hydrogen-bond acceptors (Lipinski definition) is 1. The molecule has 0 atom stereocenters. The molecule has 1 fully saturated rings. The third-order valence-electron chi connectivity index (χ3n) is 2.21. The SMILES string of the molecule is O=c1n(C/C=C/Cl)ccn1C1CC1. The third kappa shape index (κ3) is 1.70. The Hall–Kier alpha value is -0.960. The van der Waals surface area contributed by atoms with Gasteiger partial charge in [0.2, 0.25) is 0 Å². The van der Waals surface area contributed by atoms with Crippen LogP contribution in [0.5, 0.6) is 0 Å². The van der Waals surface area contributed by atoms with Gasteiger partial charge in [-0.3, -0.25) is 9.13 Å². The van der Waals surface area contributed by atoms with Gasteiger partial charge >= 0.3 is 5.69 Å². The molecule has 1 heterocycles. The van der Waals surface area contributed by atoms with Crippen molar-refractivity contribution in [1.82, 2.24) is 9.13 Å². The Morgan fingerprint density at radius 1 is 1.54 bits per heavy atom. The molecule has 1 aliphatic carbocycles. The minimum absolute atomic E-state index is 0.0669. The van der Waals surface area contributed by atoms with Crippen molar-refractivity contribution in [2.75, 3.05) is 0 Å². The summed E-state index contributed by atoms with van der Waals surface area (Å²) in [5, 5.41) is 0. The zero-order valence-electron chi connectivity index (χ0n) is 7.19. The molecule has 1 saturated carbocycles. The Bertz CT molecular complexity index is 373. The Balaban J connectivity index is 2.22. The second-order valence-corrected chi connectivity index (χ2v) is 3.49. The van der Waals surface area contributed by atoms with E-state index in [0.717, 1.165) is 12.8 Å². The highest BCUT2D eigenvalue weighted by Crippen LogP contribution is 2.33. The van der Waals surface area contributed by atoms with Crippen LogP contribution < -0.4 is 5.69 Å². The van der Waals surface area contributed by atoms with Gasteiger partial charge in [0, 0.05) is 30.5 Å². The van der Waals surface area contributed by atoms with Gasteiger partial charge in [0.1, 0.15) is 0 Å². The highest BCUT2D eigenvalue weighted by atomic mass is 35.5.